The zero-order valence-electron chi connectivity index (χ0n) is 23.0. The lowest BCUT2D eigenvalue weighted by molar-refractivity contribution is -0.155. The molecule has 1 aromatic carbocycles. The second-order valence-corrected chi connectivity index (χ2v) is 12.8. The standard InChI is InChI=1S/C26H33N6O9P/c1-14(22(34)38-15-9-5-3-6-10-15)31-42(37,40-16-11-7-4-8-12-16)41-19-18-26(19,36)25(2,35)23(39-18)32-13-28-17-20(32)29-24(27)30-21(17)33/h4,7-8,11-15,18-19,23,35-36H,3,5-6,9-10H2,1-2H3,(H,31,37)(H3,27,29,30,33)/t14?,18-,19?,23-,25+,26+,42?/m1/s1. The van der Waals surface area contributed by atoms with Gasteiger partial charge in [0.05, 0.1) is 6.33 Å². The van der Waals surface area contributed by atoms with Crippen molar-refractivity contribution in [2.45, 2.75) is 87.7 Å². The Hall–Kier alpha value is -3.33. The number of fused-ring (bicyclic) bond motifs is 2. The van der Waals surface area contributed by atoms with E-state index >= 15 is 0 Å². The third-order valence-corrected chi connectivity index (χ3v) is 9.72. The van der Waals surface area contributed by atoms with Gasteiger partial charge in [0.25, 0.3) is 5.56 Å². The summed E-state index contributed by atoms with van der Waals surface area (Å²) >= 11 is 0. The van der Waals surface area contributed by atoms with E-state index in [2.05, 4.69) is 20.0 Å². The molecule has 2 aromatic heterocycles. The molecule has 15 nitrogen and oxygen atoms in total. The van der Waals surface area contributed by atoms with Crippen LogP contribution in [-0.4, -0.2) is 71.3 Å². The van der Waals surface area contributed by atoms with Crippen molar-refractivity contribution in [1.29, 1.82) is 0 Å². The first-order valence-corrected chi connectivity index (χ1v) is 15.3. The summed E-state index contributed by atoms with van der Waals surface area (Å²) in [6.45, 7) is 2.79. The molecule has 0 radical (unpaired) electrons. The third kappa shape index (κ3) is 4.89. The number of imidazole rings is 1. The smallest absolute Gasteiger partial charge is 0.459 e. The number of benzene rings is 1. The molecule has 0 bridgehead atoms. The van der Waals surface area contributed by atoms with Crippen LogP contribution < -0.4 is 20.9 Å². The van der Waals surface area contributed by atoms with E-state index in [4.69, 9.17) is 24.3 Å². The van der Waals surface area contributed by atoms with Crippen LogP contribution in [0.4, 0.5) is 5.95 Å². The van der Waals surface area contributed by atoms with Gasteiger partial charge in [-0.2, -0.15) is 10.1 Å². The fourth-order valence-electron chi connectivity index (χ4n) is 5.71. The number of esters is 1. The van der Waals surface area contributed by atoms with Crippen molar-refractivity contribution < 1.29 is 38.1 Å². The number of aliphatic hydroxyl groups is 2. The number of aromatic nitrogens is 4. The number of nitrogens with one attached hydrogen (secondary N) is 2. The van der Waals surface area contributed by atoms with Crippen LogP contribution in [0.2, 0.25) is 0 Å². The Morgan fingerprint density at radius 2 is 1.98 bits per heavy atom. The number of carbonyl (C=O) groups is 1. The lowest BCUT2D eigenvalue weighted by atomic mass is 9.95. The van der Waals surface area contributed by atoms with Gasteiger partial charge >= 0.3 is 13.7 Å². The first-order valence-electron chi connectivity index (χ1n) is 13.8. The van der Waals surface area contributed by atoms with Crippen LogP contribution in [0.25, 0.3) is 11.2 Å². The van der Waals surface area contributed by atoms with Crippen molar-refractivity contribution in [3.63, 3.8) is 0 Å². The molecule has 1 saturated heterocycles. The SMILES string of the molecule is CC(NP(=O)(Oc1ccccc1)OC1[C@H]2O[C@@H](n3cnc4c(=O)[nH]c(N)nc43)[C@](C)(O)[C@@]12O)C(=O)OC1CCCCC1. The average Bonchev–Trinajstić information content (AvgIpc) is 3.19. The Morgan fingerprint density at radius 1 is 1.26 bits per heavy atom. The summed E-state index contributed by atoms with van der Waals surface area (Å²) in [7, 11) is -4.38. The molecule has 6 N–H and O–H groups in total. The quantitative estimate of drug-likeness (QED) is 0.173. The minimum Gasteiger partial charge on any atom is -0.461 e. The first kappa shape index (κ1) is 28.8. The number of hydrogen-bond acceptors (Lipinski definition) is 12. The molecule has 6 rings (SSSR count). The molecular formula is C26H33N6O9P. The van der Waals surface area contributed by atoms with Crippen LogP contribution in [0, 0.1) is 0 Å². The molecule has 42 heavy (non-hydrogen) atoms. The number of nitrogens with zero attached hydrogens (tertiary/aromatic N) is 3. The third-order valence-electron chi connectivity index (χ3n) is 8.07. The van der Waals surface area contributed by atoms with Gasteiger partial charge in [0.1, 0.15) is 35.7 Å². The van der Waals surface area contributed by atoms with E-state index in [1.807, 2.05) is 0 Å². The normalized spacial score (nSPS) is 31.3. The van der Waals surface area contributed by atoms with E-state index in [9.17, 15) is 24.4 Å². The van der Waals surface area contributed by atoms with E-state index in [0.29, 0.717) is 0 Å². The van der Waals surface area contributed by atoms with Crippen LogP contribution in [-0.2, 0) is 23.4 Å². The van der Waals surface area contributed by atoms with Crippen molar-refractivity contribution in [2.75, 3.05) is 5.73 Å². The van der Waals surface area contributed by atoms with Gasteiger partial charge < -0.3 is 29.9 Å². The number of anilines is 1. The van der Waals surface area contributed by atoms with Gasteiger partial charge in [-0.1, -0.05) is 24.6 Å². The molecule has 3 heterocycles. The highest BCUT2D eigenvalue weighted by Crippen LogP contribution is 2.65. The summed E-state index contributed by atoms with van der Waals surface area (Å²) in [5.74, 6) is -0.601. The predicted octanol–water partition coefficient (Wildman–Crippen LogP) is 1.52. The summed E-state index contributed by atoms with van der Waals surface area (Å²) in [6.07, 6.45) is 1.85. The molecule has 7 atom stereocenters. The number of hydrogen-bond donors (Lipinski definition) is 5. The molecule has 16 heteroatoms. The highest BCUT2D eigenvalue weighted by atomic mass is 31.2. The summed E-state index contributed by atoms with van der Waals surface area (Å²) in [5, 5.41) is 25.7. The number of ether oxygens (including phenoxy) is 2. The molecule has 226 valence electrons. The van der Waals surface area contributed by atoms with E-state index in [0.717, 1.165) is 32.1 Å². The number of nitrogens with two attached hydrogens (primary N) is 1. The Labute approximate surface area is 239 Å². The maximum absolute atomic E-state index is 14.1. The van der Waals surface area contributed by atoms with E-state index in [-0.39, 0.29) is 29.0 Å². The largest absolute Gasteiger partial charge is 0.461 e. The van der Waals surface area contributed by atoms with Crippen LogP contribution in [0.5, 0.6) is 5.75 Å². The number of H-pyrrole nitrogens is 1. The predicted molar refractivity (Wildman–Crippen MR) is 147 cm³/mol. The summed E-state index contributed by atoms with van der Waals surface area (Å²) in [5.41, 5.74) is 1.00. The number of para-hydroxylation sites is 1. The van der Waals surface area contributed by atoms with E-state index < -0.39 is 55.0 Å². The fourth-order valence-corrected chi connectivity index (χ4v) is 7.41. The van der Waals surface area contributed by atoms with Crippen LogP contribution in [0.3, 0.4) is 0 Å². The van der Waals surface area contributed by atoms with Crippen LogP contribution >= 0.6 is 7.75 Å². The van der Waals surface area contributed by atoms with Gasteiger partial charge in [-0.25, -0.2) is 9.55 Å². The average molecular weight is 605 g/mol. The molecule has 2 saturated carbocycles. The summed E-state index contributed by atoms with van der Waals surface area (Å²) in [6, 6.07) is 7.09. The molecule has 1 aliphatic heterocycles. The zero-order chi connectivity index (χ0) is 29.9. The van der Waals surface area contributed by atoms with Gasteiger partial charge in [0, 0.05) is 0 Å². The topological polar surface area (TPSA) is 213 Å². The Bertz CT molecular complexity index is 1590. The van der Waals surface area contributed by atoms with Gasteiger partial charge in [-0.3, -0.25) is 23.7 Å². The molecule has 3 unspecified atom stereocenters. The van der Waals surface area contributed by atoms with E-state index in [1.54, 1.807) is 30.3 Å². The van der Waals surface area contributed by atoms with Gasteiger partial charge in [0.15, 0.2) is 23.0 Å². The van der Waals surface area contributed by atoms with Gasteiger partial charge in [0.2, 0.25) is 5.95 Å². The molecule has 0 amide bonds. The molecule has 3 aliphatic rings. The minimum absolute atomic E-state index is 0.0361. The number of nitrogen functional groups attached to an aromatic ring is 1. The molecule has 0 spiro atoms. The zero-order valence-corrected chi connectivity index (χ0v) is 23.9. The fraction of sp³-hybridized carbons (Fsp3) is 0.538. The maximum atomic E-state index is 14.1. The van der Waals surface area contributed by atoms with Crippen molar-refractivity contribution >= 4 is 30.8 Å². The van der Waals surface area contributed by atoms with E-state index in [1.165, 1.54) is 24.7 Å². The Kier molecular flexibility index (Phi) is 7.15. The molecule has 3 aromatic rings. The van der Waals surface area contributed by atoms with Crippen molar-refractivity contribution in [1.82, 2.24) is 24.6 Å². The second-order valence-electron chi connectivity index (χ2n) is 11.1. The Morgan fingerprint density at radius 3 is 2.64 bits per heavy atom. The number of aromatic amines is 1. The van der Waals surface area contributed by atoms with Crippen molar-refractivity contribution in [3.05, 3.63) is 47.0 Å². The molecular weight excluding hydrogens is 571 g/mol. The highest BCUT2D eigenvalue weighted by molar-refractivity contribution is 7.52. The first-order chi connectivity index (χ1) is 19.9. The van der Waals surface area contributed by atoms with Crippen molar-refractivity contribution in [3.8, 4) is 5.75 Å². The monoisotopic (exact) mass is 604 g/mol. The summed E-state index contributed by atoms with van der Waals surface area (Å²) in [4.78, 5) is 35.5. The number of rotatable bonds is 9. The van der Waals surface area contributed by atoms with Crippen LogP contribution in [0.1, 0.15) is 52.2 Å². The highest BCUT2D eigenvalue weighted by Gasteiger charge is 2.84. The number of carbonyl (C=O) groups excluding carboxylic acids is 1. The summed E-state index contributed by atoms with van der Waals surface area (Å²) < 4.78 is 38.5. The molecule has 2 aliphatic carbocycles. The molecule has 3 fully saturated rings. The lowest BCUT2D eigenvalue weighted by Gasteiger charge is -2.33. The van der Waals surface area contributed by atoms with Gasteiger partial charge in [-0.15, -0.1) is 0 Å². The van der Waals surface area contributed by atoms with Crippen LogP contribution in [0.15, 0.2) is 41.5 Å². The Balaban J connectivity index is 1.22. The second kappa shape index (κ2) is 10.4. The van der Waals surface area contributed by atoms with Crippen molar-refractivity contribution in [2.24, 2.45) is 0 Å². The maximum Gasteiger partial charge on any atom is 0.459 e. The van der Waals surface area contributed by atoms with Gasteiger partial charge in [-0.05, 0) is 51.7 Å². The minimum atomic E-state index is -4.38. The lowest BCUT2D eigenvalue weighted by Crippen LogP contribution is -2.49.